The number of hydrogen-bond acceptors (Lipinski definition) is 5. The van der Waals surface area contributed by atoms with E-state index in [1.807, 2.05) is 26.0 Å². The highest BCUT2D eigenvalue weighted by Gasteiger charge is 2.39. The quantitative estimate of drug-likeness (QED) is 0.534. The van der Waals surface area contributed by atoms with Gasteiger partial charge >= 0.3 is 0 Å². The third kappa shape index (κ3) is 4.97. The summed E-state index contributed by atoms with van der Waals surface area (Å²) in [5, 5.41) is 18.5. The van der Waals surface area contributed by atoms with E-state index in [1.165, 1.54) is 0 Å². The van der Waals surface area contributed by atoms with Gasteiger partial charge in [0.05, 0.1) is 19.6 Å². The number of ether oxygens (including phenoxy) is 1. The largest absolute Gasteiger partial charge is 0.496 e. The number of carbonyl (C=O) groups is 3. The molecule has 9 heteroatoms. The Hall–Kier alpha value is -3.54. The van der Waals surface area contributed by atoms with Crippen LogP contribution in [0.3, 0.4) is 0 Å². The number of rotatable bonds is 7. The number of piperidine rings is 1. The molecule has 1 aliphatic heterocycles. The molecular weight excluding hydrogens is 398 g/mol. The molecule has 2 aromatic rings. The predicted octanol–water partition coefficient (Wildman–Crippen LogP) is 1.61. The molecule has 3 rings (SSSR count). The Bertz CT molecular complexity index is 1040. The van der Waals surface area contributed by atoms with E-state index in [4.69, 9.17) is 4.74 Å². The Morgan fingerprint density at radius 3 is 2.77 bits per heavy atom. The number of methoxy groups -OCH3 is 1. The second kappa shape index (κ2) is 9.08. The molecule has 4 N–H and O–H groups in total. The van der Waals surface area contributed by atoms with Crippen molar-refractivity contribution in [3.63, 3.8) is 0 Å². The molecule has 0 saturated carbocycles. The molecule has 2 atom stereocenters. The highest BCUT2D eigenvalue weighted by atomic mass is 16.5. The molecule has 31 heavy (non-hydrogen) atoms. The molecule has 1 saturated heterocycles. The van der Waals surface area contributed by atoms with E-state index in [0.717, 1.165) is 10.9 Å². The lowest BCUT2D eigenvalue weighted by Gasteiger charge is -2.33. The zero-order chi connectivity index (χ0) is 22.6. The zero-order valence-corrected chi connectivity index (χ0v) is 17.9. The number of amides is 3. The number of fused-ring (bicyclic) bond motifs is 1. The first kappa shape index (κ1) is 22.2. The molecule has 2 heterocycles. The van der Waals surface area contributed by atoms with Crippen molar-refractivity contribution in [2.45, 2.75) is 44.7 Å². The summed E-state index contributed by atoms with van der Waals surface area (Å²) in [5.41, 5.74) is -0.229. The lowest BCUT2D eigenvalue weighted by atomic mass is 9.88. The number of aromatic amines is 1. The van der Waals surface area contributed by atoms with E-state index in [2.05, 4.69) is 27.0 Å². The Morgan fingerprint density at radius 1 is 1.35 bits per heavy atom. The van der Waals surface area contributed by atoms with Gasteiger partial charge in [-0.15, -0.1) is 0 Å². The minimum atomic E-state index is -1.27. The lowest BCUT2D eigenvalue weighted by molar-refractivity contribution is -0.127. The van der Waals surface area contributed by atoms with Gasteiger partial charge in [-0.05, 0) is 30.5 Å². The minimum Gasteiger partial charge on any atom is -0.496 e. The van der Waals surface area contributed by atoms with Crippen LogP contribution in [-0.2, 0) is 9.59 Å². The minimum absolute atomic E-state index is 0.112. The fourth-order valence-electron chi connectivity index (χ4n) is 3.76. The van der Waals surface area contributed by atoms with Gasteiger partial charge in [-0.3, -0.25) is 14.4 Å². The predicted molar refractivity (Wildman–Crippen MR) is 114 cm³/mol. The van der Waals surface area contributed by atoms with Gasteiger partial charge in [0.1, 0.15) is 23.0 Å². The van der Waals surface area contributed by atoms with Gasteiger partial charge in [-0.25, -0.2) is 0 Å². The highest BCUT2D eigenvalue weighted by Crippen LogP contribution is 2.26. The fraction of sp³-hybridized carbons (Fsp3) is 0.455. The standard InChI is InChI=1S/C22H27N5O4/c1-13(2)9-16(21(30)27-22(12-23)7-8-24-19(28)11-22)26-20(29)17-10-14-15(25-17)5-4-6-18(14)31-3/h4-6,10,13,16,25H,7-9,11H2,1-3H3,(H,24,28)(H,26,29)(H,27,30). The Labute approximate surface area is 180 Å². The molecule has 0 radical (unpaired) electrons. The molecule has 3 amide bonds. The van der Waals surface area contributed by atoms with Crippen molar-refractivity contribution in [1.29, 1.82) is 5.26 Å². The SMILES string of the molecule is COc1cccc2[nH]c(C(=O)NC(CC(C)C)C(=O)NC3(C#N)CCNC(=O)C3)cc12. The van der Waals surface area contributed by atoms with E-state index in [0.29, 0.717) is 30.8 Å². The first-order chi connectivity index (χ1) is 14.8. The van der Waals surface area contributed by atoms with Crippen molar-refractivity contribution in [2.24, 2.45) is 5.92 Å². The molecule has 0 bridgehead atoms. The van der Waals surface area contributed by atoms with Crippen LogP contribution in [0.5, 0.6) is 5.75 Å². The van der Waals surface area contributed by atoms with E-state index in [1.54, 1.807) is 19.2 Å². The smallest absolute Gasteiger partial charge is 0.268 e. The van der Waals surface area contributed by atoms with Crippen molar-refractivity contribution in [1.82, 2.24) is 20.9 Å². The first-order valence-electron chi connectivity index (χ1n) is 10.2. The average Bonchev–Trinajstić information content (AvgIpc) is 3.17. The van der Waals surface area contributed by atoms with Crippen LogP contribution in [0.4, 0.5) is 0 Å². The van der Waals surface area contributed by atoms with Crippen LogP contribution in [0.15, 0.2) is 24.3 Å². The van der Waals surface area contributed by atoms with Gasteiger partial charge in [-0.2, -0.15) is 5.26 Å². The van der Waals surface area contributed by atoms with Gasteiger partial charge in [0.2, 0.25) is 11.8 Å². The van der Waals surface area contributed by atoms with Crippen LogP contribution in [0.2, 0.25) is 0 Å². The number of carbonyl (C=O) groups excluding carboxylic acids is 3. The number of nitriles is 1. The van der Waals surface area contributed by atoms with Gasteiger partial charge < -0.3 is 25.7 Å². The highest BCUT2D eigenvalue weighted by molar-refractivity contribution is 6.01. The van der Waals surface area contributed by atoms with Crippen molar-refractivity contribution in [2.75, 3.05) is 13.7 Å². The Morgan fingerprint density at radius 2 is 2.13 bits per heavy atom. The normalized spacial score (nSPS) is 19.4. The molecular formula is C22H27N5O4. The molecule has 1 aliphatic rings. The first-order valence-corrected chi connectivity index (χ1v) is 10.2. The van der Waals surface area contributed by atoms with Crippen LogP contribution in [-0.4, -0.2) is 47.9 Å². The molecule has 9 nitrogen and oxygen atoms in total. The number of aromatic nitrogens is 1. The van der Waals surface area contributed by atoms with Crippen molar-refractivity contribution in [3.05, 3.63) is 30.0 Å². The second-order valence-electron chi connectivity index (χ2n) is 8.22. The summed E-state index contributed by atoms with van der Waals surface area (Å²) in [6.07, 6.45) is 0.583. The van der Waals surface area contributed by atoms with Crippen LogP contribution in [0, 0.1) is 17.2 Å². The van der Waals surface area contributed by atoms with Crippen molar-refractivity contribution >= 4 is 28.6 Å². The average molecular weight is 425 g/mol. The van der Waals surface area contributed by atoms with E-state index < -0.39 is 23.4 Å². The molecule has 1 aromatic heterocycles. The number of hydrogen-bond donors (Lipinski definition) is 4. The molecule has 0 aliphatic carbocycles. The lowest BCUT2D eigenvalue weighted by Crippen LogP contribution is -2.59. The maximum Gasteiger partial charge on any atom is 0.268 e. The maximum atomic E-state index is 13.0. The Kier molecular flexibility index (Phi) is 6.49. The summed E-state index contributed by atoms with van der Waals surface area (Å²) >= 11 is 0. The van der Waals surface area contributed by atoms with Gasteiger partial charge in [0.25, 0.3) is 5.91 Å². The number of H-pyrrole nitrogens is 1. The molecule has 0 spiro atoms. The summed E-state index contributed by atoms with van der Waals surface area (Å²) in [4.78, 5) is 40.7. The summed E-state index contributed by atoms with van der Waals surface area (Å²) in [7, 11) is 1.56. The molecule has 2 unspecified atom stereocenters. The van der Waals surface area contributed by atoms with Crippen molar-refractivity contribution in [3.8, 4) is 11.8 Å². The Balaban J connectivity index is 1.79. The number of benzene rings is 1. The summed E-state index contributed by atoms with van der Waals surface area (Å²) in [5.74, 6) is -0.453. The van der Waals surface area contributed by atoms with Crippen LogP contribution >= 0.6 is 0 Å². The van der Waals surface area contributed by atoms with Crippen molar-refractivity contribution < 1.29 is 19.1 Å². The molecule has 1 aromatic carbocycles. The summed E-state index contributed by atoms with van der Waals surface area (Å²) < 4.78 is 5.33. The number of nitrogens with zero attached hydrogens (tertiary/aromatic N) is 1. The van der Waals surface area contributed by atoms with E-state index in [9.17, 15) is 19.6 Å². The van der Waals surface area contributed by atoms with Gasteiger partial charge in [-0.1, -0.05) is 19.9 Å². The monoisotopic (exact) mass is 425 g/mol. The maximum absolute atomic E-state index is 13.0. The fourth-order valence-corrected chi connectivity index (χ4v) is 3.76. The molecule has 1 fully saturated rings. The van der Waals surface area contributed by atoms with Crippen LogP contribution < -0.4 is 20.7 Å². The van der Waals surface area contributed by atoms with Crippen LogP contribution in [0.1, 0.15) is 43.6 Å². The van der Waals surface area contributed by atoms with Gasteiger partial charge in [0, 0.05) is 23.9 Å². The van der Waals surface area contributed by atoms with Gasteiger partial charge in [0.15, 0.2) is 0 Å². The van der Waals surface area contributed by atoms with E-state index >= 15 is 0 Å². The number of nitrogens with one attached hydrogen (secondary N) is 4. The van der Waals surface area contributed by atoms with Crippen LogP contribution in [0.25, 0.3) is 10.9 Å². The summed E-state index contributed by atoms with van der Waals surface area (Å²) in [6, 6.07) is 8.35. The van der Waals surface area contributed by atoms with E-state index in [-0.39, 0.29) is 18.2 Å². The molecule has 164 valence electrons. The summed E-state index contributed by atoms with van der Waals surface area (Å²) in [6.45, 7) is 4.19. The topological polar surface area (TPSA) is 136 Å². The third-order valence-corrected chi connectivity index (χ3v) is 5.33. The second-order valence-corrected chi connectivity index (χ2v) is 8.22. The third-order valence-electron chi connectivity index (χ3n) is 5.33. The zero-order valence-electron chi connectivity index (χ0n) is 17.9.